The van der Waals surface area contributed by atoms with Gasteiger partial charge >= 0.3 is 11.9 Å². The van der Waals surface area contributed by atoms with Crippen LogP contribution in [-0.4, -0.2) is 59.8 Å². The van der Waals surface area contributed by atoms with Crippen LogP contribution in [0.15, 0.2) is 5.16 Å². The van der Waals surface area contributed by atoms with Gasteiger partial charge < -0.3 is 20.0 Å². The van der Waals surface area contributed by atoms with Crippen LogP contribution in [0, 0.1) is 5.41 Å². The summed E-state index contributed by atoms with van der Waals surface area (Å²) in [6, 6.07) is 0. The van der Waals surface area contributed by atoms with Crippen molar-refractivity contribution >= 4 is 17.9 Å². The fraction of sp³-hybridized carbons (Fsp3) is 0.700. The summed E-state index contributed by atoms with van der Waals surface area (Å²) in [5, 5.41) is 18.2. The Morgan fingerprint density at radius 1 is 1.28 bits per heavy atom. The van der Waals surface area contributed by atoms with Crippen LogP contribution < -0.4 is 0 Å². The molecule has 2 N–H and O–H groups in total. The van der Waals surface area contributed by atoms with Gasteiger partial charge in [0.1, 0.15) is 7.11 Å². The van der Waals surface area contributed by atoms with E-state index in [4.69, 9.17) is 19.8 Å². The van der Waals surface area contributed by atoms with E-state index in [9.17, 15) is 4.39 Å². The molecule has 2 rings (SSSR count). The van der Waals surface area contributed by atoms with Crippen molar-refractivity contribution in [2.75, 3.05) is 26.7 Å². The number of carboxylic acid groups (broad SMARTS) is 2. The van der Waals surface area contributed by atoms with Crippen LogP contribution in [0.1, 0.15) is 12.8 Å². The molecule has 0 aromatic carbocycles. The standard InChI is InChI=1S/C8H13FN2O.C2H2O4/c1-12-10-7(9)8-2-4-11(6-8)5-3-8;3-1(4)2(5)6/h2-6H2,1H3;(H,3,4)(H,5,6). The maximum absolute atomic E-state index is 13.4. The zero-order chi connectivity index (χ0) is 13.8. The first kappa shape index (κ1) is 14.4. The number of carbonyl (C=O) groups is 2. The van der Waals surface area contributed by atoms with Gasteiger partial charge in [0.2, 0.25) is 5.97 Å². The molecule has 0 spiro atoms. The molecule has 102 valence electrons. The van der Waals surface area contributed by atoms with Gasteiger partial charge in [-0.25, -0.2) is 9.59 Å². The third-order valence-corrected chi connectivity index (χ3v) is 3.13. The number of hydrogen-bond donors (Lipinski definition) is 2. The lowest BCUT2D eigenvalue weighted by atomic mass is 9.85. The van der Waals surface area contributed by atoms with Crippen molar-refractivity contribution in [1.82, 2.24) is 4.90 Å². The third-order valence-electron chi connectivity index (χ3n) is 3.13. The van der Waals surface area contributed by atoms with Gasteiger partial charge in [0.15, 0.2) is 0 Å². The van der Waals surface area contributed by atoms with Crippen molar-refractivity contribution in [3.63, 3.8) is 0 Å². The van der Waals surface area contributed by atoms with E-state index in [1.165, 1.54) is 7.11 Å². The Kier molecular flexibility index (Phi) is 4.60. The smallest absolute Gasteiger partial charge is 0.414 e. The lowest BCUT2D eigenvalue weighted by Gasteiger charge is -2.20. The Morgan fingerprint density at radius 3 is 2.06 bits per heavy atom. The van der Waals surface area contributed by atoms with Crippen LogP contribution in [0.2, 0.25) is 0 Å². The maximum atomic E-state index is 13.4. The molecule has 18 heavy (non-hydrogen) atoms. The van der Waals surface area contributed by atoms with E-state index in [2.05, 4.69) is 14.9 Å². The molecule has 2 saturated heterocycles. The minimum absolute atomic E-state index is 0.296. The van der Waals surface area contributed by atoms with Gasteiger partial charge in [0.05, 0.1) is 5.41 Å². The number of hydrogen-bond acceptors (Lipinski definition) is 5. The zero-order valence-electron chi connectivity index (χ0n) is 9.93. The Labute approximate surface area is 103 Å². The van der Waals surface area contributed by atoms with E-state index in [1.54, 1.807) is 0 Å². The van der Waals surface area contributed by atoms with Crippen molar-refractivity contribution in [2.24, 2.45) is 10.6 Å². The van der Waals surface area contributed by atoms with Crippen molar-refractivity contribution in [3.05, 3.63) is 0 Å². The highest BCUT2D eigenvalue weighted by Gasteiger charge is 2.48. The fourth-order valence-corrected chi connectivity index (χ4v) is 2.17. The minimum Gasteiger partial charge on any atom is -0.473 e. The predicted octanol–water partition coefficient (Wildman–Crippen LogP) is 0.167. The lowest BCUT2D eigenvalue weighted by Crippen LogP contribution is -2.27. The molecular weight excluding hydrogens is 247 g/mol. The SMILES string of the molecule is CON=C(F)C12CCN(CC1)C2.O=C(O)C(=O)O. The first-order valence-corrected chi connectivity index (χ1v) is 5.37. The molecule has 2 bridgehead atoms. The topological polar surface area (TPSA) is 99.4 Å². The van der Waals surface area contributed by atoms with Gasteiger partial charge in [-0.1, -0.05) is 5.16 Å². The van der Waals surface area contributed by atoms with Crippen molar-refractivity contribution in [1.29, 1.82) is 0 Å². The highest BCUT2D eigenvalue weighted by molar-refractivity contribution is 6.27. The summed E-state index contributed by atoms with van der Waals surface area (Å²) < 4.78 is 13.4. The molecule has 0 aliphatic carbocycles. The number of oxime groups is 1. The maximum Gasteiger partial charge on any atom is 0.414 e. The van der Waals surface area contributed by atoms with Crippen LogP contribution in [0.4, 0.5) is 4.39 Å². The second-order valence-corrected chi connectivity index (χ2v) is 4.23. The van der Waals surface area contributed by atoms with E-state index in [-0.39, 0.29) is 11.4 Å². The number of carboxylic acids is 2. The molecule has 0 amide bonds. The normalized spacial score (nSPS) is 29.4. The van der Waals surface area contributed by atoms with E-state index in [1.807, 2.05) is 0 Å². The summed E-state index contributed by atoms with van der Waals surface area (Å²) in [6.07, 6.45) is 1.79. The highest BCUT2D eigenvalue weighted by atomic mass is 19.1. The monoisotopic (exact) mass is 262 g/mol. The Morgan fingerprint density at radius 2 is 1.78 bits per heavy atom. The molecule has 2 heterocycles. The second kappa shape index (κ2) is 5.76. The molecule has 2 aliphatic rings. The number of nitrogens with zero attached hydrogens (tertiary/aromatic N) is 2. The van der Waals surface area contributed by atoms with E-state index < -0.39 is 11.9 Å². The molecule has 0 atom stereocenters. The summed E-state index contributed by atoms with van der Waals surface area (Å²) in [4.78, 5) is 24.9. The van der Waals surface area contributed by atoms with Crippen molar-refractivity contribution < 1.29 is 29.0 Å². The van der Waals surface area contributed by atoms with Gasteiger partial charge in [0.25, 0.3) is 0 Å². The molecule has 8 heteroatoms. The fourth-order valence-electron chi connectivity index (χ4n) is 2.17. The summed E-state index contributed by atoms with van der Waals surface area (Å²) in [7, 11) is 1.39. The first-order valence-electron chi connectivity index (χ1n) is 5.37. The Balaban J connectivity index is 0.000000232. The number of halogens is 1. The van der Waals surface area contributed by atoms with Crippen molar-refractivity contribution in [2.45, 2.75) is 12.8 Å². The third kappa shape index (κ3) is 3.16. The van der Waals surface area contributed by atoms with Gasteiger partial charge in [-0.2, -0.15) is 4.39 Å². The minimum atomic E-state index is -1.82. The number of aliphatic carboxylic acids is 2. The van der Waals surface area contributed by atoms with Crippen LogP contribution in [-0.2, 0) is 14.4 Å². The summed E-state index contributed by atoms with van der Waals surface area (Å²) in [5.41, 5.74) is -0.296. The average molecular weight is 262 g/mol. The molecule has 0 unspecified atom stereocenters. The molecule has 0 saturated carbocycles. The molecule has 0 aromatic heterocycles. The molecule has 2 aliphatic heterocycles. The van der Waals surface area contributed by atoms with Crippen LogP contribution >= 0.6 is 0 Å². The molecule has 0 aromatic rings. The summed E-state index contributed by atoms with van der Waals surface area (Å²) >= 11 is 0. The van der Waals surface area contributed by atoms with Crippen molar-refractivity contribution in [3.8, 4) is 0 Å². The highest BCUT2D eigenvalue weighted by Crippen LogP contribution is 2.42. The quantitative estimate of drug-likeness (QED) is 0.418. The Hall–Kier alpha value is -1.70. The Bertz CT molecular complexity index is 351. The van der Waals surface area contributed by atoms with Gasteiger partial charge in [0, 0.05) is 6.54 Å². The van der Waals surface area contributed by atoms with E-state index >= 15 is 0 Å². The van der Waals surface area contributed by atoms with Crippen LogP contribution in [0.25, 0.3) is 0 Å². The van der Waals surface area contributed by atoms with Crippen LogP contribution in [0.3, 0.4) is 0 Å². The molecule has 0 radical (unpaired) electrons. The van der Waals surface area contributed by atoms with E-state index in [0.29, 0.717) is 0 Å². The second-order valence-electron chi connectivity index (χ2n) is 4.23. The predicted molar refractivity (Wildman–Crippen MR) is 58.9 cm³/mol. The van der Waals surface area contributed by atoms with Gasteiger partial charge in [-0.15, -0.1) is 0 Å². The number of rotatable bonds is 2. The first-order chi connectivity index (χ1) is 8.41. The average Bonchev–Trinajstić information content (AvgIpc) is 2.91. The number of piperidine rings is 1. The molecular formula is C10H15FN2O5. The lowest BCUT2D eigenvalue weighted by molar-refractivity contribution is -0.159. The summed E-state index contributed by atoms with van der Waals surface area (Å²) in [5.74, 6) is -3.96. The zero-order valence-corrected chi connectivity index (χ0v) is 9.93. The number of fused-ring (bicyclic) bond motifs is 2. The van der Waals surface area contributed by atoms with E-state index in [0.717, 1.165) is 32.5 Å². The van der Waals surface area contributed by atoms with Crippen LogP contribution in [0.5, 0.6) is 0 Å². The largest absolute Gasteiger partial charge is 0.473 e. The molecule has 7 nitrogen and oxygen atoms in total. The van der Waals surface area contributed by atoms with Gasteiger partial charge in [-0.05, 0) is 25.9 Å². The van der Waals surface area contributed by atoms with Gasteiger partial charge in [-0.3, -0.25) is 0 Å². The summed E-state index contributed by atoms with van der Waals surface area (Å²) in [6.45, 7) is 2.84. The molecule has 2 fully saturated rings.